The minimum absolute atomic E-state index is 0.00470. The predicted molar refractivity (Wildman–Crippen MR) is 64.3 cm³/mol. The summed E-state index contributed by atoms with van der Waals surface area (Å²) < 4.78 is 0.544. The number of rotatable bonds is 2. The van der Waals surface area contributed by atoms with E-state index in [0.29, 0.717) is 14.6 Å². The topological polar surface area (TPSA) is 81.5 Å². The van der Waals surface area contributed by atoms with Crippen LogP contribution < -0.4 is 0 Å². The molecule has 1 aromatic heterocycles. The van der Waals surface area contributed by atoms with E-state index in [1.807, 2.05) is 0 Å². The van der Waals surface area contributed by atoms with Crippen LogP contribution in [0.1, 0.15) is 5.56 Å². The van der Waals surface area contributed by atoms with Crippen LogP contribution in [0.25, 0.3) is 0 Å². The van der Waals surface area contributed by atoms with E-state index in [1.54, 1.807) is 6.07 Å². The summed E-state index contributed by atoms with van der Waals surface area (Å²) in [4.78, 5) is 4.03. The van der Waals surface area contributed by atoms with Crippen molar-refractivity contribution in [2.75, 3.05) is 0 Å². The Balaban J connectivity index is 2.27. The maximum absolute atomic E-state index is 9.48. The van der Waals surface area contributed by atoms with Gasteiger partial charge in [-0.05, 0) is 24.4 Å². The Morgan fingerprint density at radius 2 is 2.25 bits per heavy atom. The number of aromatic hydroxyl groups is 2. The Labute approximate surface area is 99.7 Å². The van der Waals surface area contributed by atoms with Crippen molar-refractivity contribution in [1.82, 2.24) is 10.2 Å². The molecule has 0 fully saturated rings. The lowest BCUT2D eigenvalue weighted by atomic mass is 10.2. The Morgan fingerprint density at radius 1 is 1.44 bits per heavy atom. The molecule has 16 heavy (non-hydrogen) atoms. The van der Waals surface area contributed by atoms with E-state index in [0.717, 1.165) is 0 Å². The second-order valence-corrected chi connectivity index (χ2v) is 4.54. The molecule has 2 rings (SSSR count). The summed E-state index contributed by atoms with van der Waals surface area (Å²) >= 11 is 6.09. The van der Waals surface area contributed by atoms with Crippen molar-refractivity contribution in [2.45, 2.75) is 0 Å². The number of nitrogens with zero attached hydrogens (tertiary/aromatic N) is 2. The van der Waals surface area contributed by atoms with Crippen LogP contribution in [0.4, 0.5) is 5.13 Å². The molecule has 0 atom stereocenters. The van der Waals surface area contributed by atoms with E-state index in [2.05, 4.69) is 15.2 Å². The zero-order chi connectivity index (χ0) is 11.5. The molecule has 0 radical (unpaired) electrons. The van der Waals surface area contributed by atoms with Gasteiger partial charge in [-0.25, -0.2) is 4.99 Å². The van der Waals surface area contributed by atoms with Crippen LogP contribution in [0.3, 0.4) is 0 Å². The first kappa shape index (κ1) is 10.8. The van der Waals surface area contributed by atoms with Gasteiger partial charge in [0, 0.05) is 17.8 Å². The Bertz CT molecular complexity index is 588. The van der Waals surface area contributed by atoms with Gasteiger partial charge in [-0.2, -0.15) is 0 Å². The fourth-order valence-corrected chi connectivity index (χ4v) is 1.77. The average Bonchev–Trinajstić information content (AvgIpc) is 2.63. The summed E-state index contributed by atoms with van der Waals surface area (Å²) in [7, 11) is 0. The lowest BCUT2D eigenvalue weighted by molar-refractivity contribution is 0.450. The highest BCUT2D eigenvalue weighted by Gasteiger charge is 1.99. The first-order valence-electron chi connectivity index (χ1n) is 4.27. The molecule has 1 aromatic carbocycles. The fourth-order valence-electron chi connectivity index (χ4n) is 1.04. The molecule has 7 heteroatoms. The average molecular weight is 253 g/mol. The van der Waals surface area contributed by atoms with Crippen molar-refractivity contribution in [3.8, 4) is 11.5 Å². The number of nitrogens with one attached hydrogen (secondary N) is 1. The smallest absolute Gasteiger partial charge is 0.230 e. The first-order chi connectivity index (χ1) is 7.65. The van der Waals surface area contributed by atoms with Gasteiger partial charge in [0.1, 0.15) is 11.5 Å². The van der Waals surface area contributed by atoms with Gasteiger partial charge in [-0.15, -0.1) is 5.10 Å². The number of H-pyrrole nitrogens is 1. The maximum atomic E-state index is 9.48. The van der Waals surface area contributed by atoms with Crippen LogP contribution in [0.2, 0.25) is 0 Å². The number of aromatic amines is 1. The molecule has 5 nitrogen and oxygen atoms in total. The number of aliphatic imine (C=N–C) groups is 1. The van der Waals surface area contributed by atoms with E-state index in [4.69, 9.17) is 17.3 Å². The largest absolute Gasteiger partial charge is 0.508 e. The number of benzene rings is 1. The van der Waals surface area contributed by atoms with Gasteiger partial charge in [-0.3, -0.25) is 5.10 Å². The molecular formula is C9H7N3O2S2. The highest BCUT2D eigenvalue weighted by molar-refractivity contribution is 7.73. The summed E-state index contributed by atoms with van der Waals surface area (Å²) in [5, 5.41) is 25.5. The highest BCUT2D eigenvalue weighted by Crippen LogP contribution is 2.22. The predicted octanol–water partition coefficient (Wildman–Crippen LogP) is 2.36. The summed E-state index contributed by atoms with van der Waals surface area (Å²) in [6, 6.07) is 4.27. The zero-order valence-corrected chi connectivity index (χ0v) is 9.55. The zero-order valence-electron chi connectivity index (χ0n) is 7.91. The molecule has 3 N–H and O–H groups in total. The van der Waals surface area contributed by atoms with Crippen molar-refractivity contribution in [2.24, 2.45) is 4.99 Å². The monoisotopic (exact) mass is 253 g/mol. The summed E-state index contributed by atoms with van der Waals surface area (Å²) in [6.45, 7) is 0. The van der Waals surface area contributed by atoms with Gasteiger partial charge in [0.2, 0.25) is 5.13 Å². The molecule has 0 bridgehead atoms. The van der Waals surface area contributed by atoms with Gasteiger partial charge < -0.3 is 10.2 Å². The van der Waals surface area contributed by atoms with Crippen molar-refractivity contribution in [1.29, 1.82) is 0 Å². The quantitative estimate of drug-likeness (QED) is 0.567. The third kappa shape index (κ3) is 2.44. The van der Waals surface area contributed by atoms with Crippen LogP contribution in [-0.2, 0) is 0 Å². The second kappa shape index (κ2) is 4.42. The Morgan fingerprint density at radius 3 is 2.88 bits per heavy atom. The van der Waals surface area contributed by atoms with E-state index in [-0.39, 0.29) is 11.5 Å². The van der Waals surface area contributed by atoms with Gasteiger partial charge in [0.25, 0.3) is 0 Å². The molecule has 2 aromatic rings. The summed E-state index contributed by atoms with van der Waals surface area (Å²) in [5.74, 6) is -0.0343. The Hall–Kier alpha value is -1.73. The molecule has 0 unspecified atom stereocenters. The van der Waals surface area contributed by atoms with Crippen molar-refractivity contribution in [3.63, 3.8) is 0 Å². The normalized spacial score (nSPS) is 11.0. The third-order valence-corrected chi connectivity index (χ3v) is 2.75. The van der Waals surface area contributed by atoms with Gasteiger partial charge in [0.05, 0.1) is 0 Å². The van der Waals surface area contributed by atoms with Gasteiger partial charge in [-0.1, -0.05) is 11.3 Å². The second-order valence-electron chi connectivity index (χ2n) is 2.90. The number of hydrogen-bond acceptors (Lipinski definition) is 6. The molecule has 82 valence electrons. The maximum Gasteiger partial charge on any atom is 0.230 e. The molecular weight excluding hydrogens is 246 g/mol. The fraction of sp³-hybridized carbons (Fsp3) is 0. The molecule has 0 aliphatic carbocycles. The lowest BCUT2D eigenvalue weighted by Gasteiger charge is -1.97. The van der Waals surface area contributed by atoms with Crippen LogP contribution in [-0.4, -0.2) is 26.6 Å². The lowest BCUT2D eigenvalue weighted by Crippen LogP contribution is -1.81. The van der Waals surface area contributed by atoms with Crippen molar-refractivity contribution in [3.05, 3.63) is 27.7 Å². The first-order valence-corrected chi connectivity index (χ1v) is 5.49. The summed E-state index contributed by atoms with van der Waals surface area (Å²) in [5.41, 5.74) is 0.499. The van der Waals surface area contributed by atoms with Crippen LogP contribution in [0, 0.1) is 3.95 Å². The molecule has 0 saturated carbocycles. The van der Waals surface area contributed by atoms with E-state index >= 15 is 0 Å². The summed E-state index contributed by atoms with van der Waals surface area (Å²) in [6.07, 6.45) is 1.45. The number of aromatic nitrogens is 2. The number of phenols is 2. The molecule has 0 aliphatic rings. The van der Waals surface area contributed by atoms with E-state index in [1.165, 1.54) is 29.7 Å². The van der Waals surface area contributed by atoms with Crippen LogP contribution in [0.5, 0.6) is 11.5 Å². The molecule has 1 heterocycles. The molecule has 0 amide bonds. The van der Waals surface area contributed by atoms with Crippen molar-refractivity contribution < 1.29 is 10.2 Å². The van der Waals surface area contributed by atoms with Crippen LogP contribution in [0.15, 0.2) is 23.2 Å². The number of hydrogen-bond donors (Lipinski definition) is 3. The molecule has 0 spiro atoms. The van der Waals surface area contributed by atoms with Crippen LogP contribution >= 0.6 is 23.6 Å². The third-order valence-electron chi connectivity index (χ3n) is 1.75. The minimum Gasteiger partial charge on any atom is -0.508 e. The SMILES string of the molecule is Oc1ccc(/C=N/c2n[nH]c(=S)s2)c(O)c1. The number of phenolic OH excluding ortho intramolecular Hbond substituents is 2. The van der Waals surface area contributed by atoms with E-state index in [9.17, 15) is 5.11 Å². The Kier molecular flexibility index (Phi) is 2.97. The van der Waals surface area contributed by atoms with Gasteiger partial charge >= 0.3 is 0 Å². The van der Waals surface area contributed by atoms with E-state index < -0.39 is 0 Å². The minimum atomic E-state index is -0.0390. The molecule has 0 aliphatic heterocycles. The van der Waals surface area contributed by atoms with Gasteiger partial charge in [0.15, 0.2) is 3.95 Å². The standard InChI is InChI=1S/C9H7N3O2S2/c13-6-2-1-5(7(14)3-6)4-10-8-11-12-9(15)16-8/h1-4,13-14H,(H,12,15)/b10-4+. The highest BCUT2D eigenvalue weighted by atomic mass is 32.1. The van der Waals surface area contributed by atoms with Crippen molar-refractivity contribution >= 4 is 34.9 Å². The molecule has 0 saturated heterocycles.